The van der Waals surface area contributed by atoms with Crippen LogP contribution >= 0.6 is 0 Å². The molecule has 7 heteroatoms. The maximum Gasteiger partial charge on any atom is 0.349 e. The predicted octanol–water partition coefficient (Wildman–Crippen LogP) is 1.94. The van der Waals surface area contributed by atoms with Crippen LogP contribution in [0.2, 0.25) is 0 Å². The summed E-state index contributed by atoms with van der Waals surface area (Å²) >= 11 is 0. The van der Waals surface area contributed by atoms with E-state index in [2.05, 4.69) is 4.74 Å². The van der Waals surface area contributed by atoms with E-state index < -0.39 is 35.7 Å². The fraction of sp³-hybridized carbons (Fsp3) is 0.385. The number of amides is 1. The maximum absolute atomic E-state index is 13.9. The molecule has 20 heavy (non-hydrogen) atoms. The molecule has 0 aliphatic carbocycles. The lowest BCUT2D eigenvalue weighted by Gasteiger charge is -2.22. The summed E-state index contributed by atoms with van der Waals surface area (Å²) in [5.41, 5.74) is -0.639. The van der Waals surface area contributed by atoms with E-state index in [9.17, 15) is 22.8 Å². The summed E-state index contributed by atoms with van der Waals surface area (Å²) in [6.45, 7) is 1.07. The van der Waals surface area contributed by atoms with Gasteiger partial charge in [-0.2, -0.15) is 8.78 Å². The Balaban J connectivity index is 2.83. The largest absolute Gasteiger partial charge is 0.465 e. The molecule has 1 rings (SSSR count). The molecule has 0 saturated carbocycles. The molecule has 1 aromatic carbocycles. The van der Waals surface area contributed by atoms with Gasteiger partial charge in [0.15, 0.2) is 0 Å². The molecule has 0 aromatic heterocycles. The highest BCUT2D eigenvalue weighted by atomic mass is 19.3. The maximum atomic E-state index is 13.9. The van der Waals surface area contributed by atoms with Crippen LogP contribution in [0.3, 0.4) is 0 Å². The zero-order valence-electron chi connectivity index (χ0n) is 11.0. The van der Waals surface area contributed by atoms with E-state index in [0.29, 0.717) is 4.90 Å². The molecule has 0 saturated heterocycles. The fourth-order valence-corrected chi connectivity index (χ4v) is 1.49. The van der Waals surface area contributed by atoms with Gasteiger partial charge < -0.3 is 9.64 Å². The molecule has 0 atom stereocenters. The number of nitrogens with zero attached hydrogens (tertiary/aromatic N) is 1. The number of likely N-dealkylation sites (N-methyl/N-ethyl adjacent to an activating group) is 1. The highest BCUT2D eigenvalue weighted by Crippen LogP contribution is 2.30. The molecular formula is C13H14F3NO3. The lowest BCUT2D eigenvalue weighted by molar-refractivity contribution is -0.162. The van der Waals surface area contributed by atoms with Gasteiger partial charge in [0.1, 0.15) is 12.4 Å². The Labute approximate surface area is 114 Å². The minimum atomic E-state index is -3.84. The van der Waals surface area contributed by atoms with Crippen molar-refractivity contribution in [2.75, 3.05) is 20.2 Å². The standard InChI is InChI=1S/C13H14F3NO3/c1-3-20-11(18)8-17(2)12(19)13(15,16)9-4-6-10(14)7-5-9/h4-7H,3,8H2,1-2H3. The van der Waals surface area contributed by atoms with Crippen molar-refractivity contribution in [1.29, 1.82) is 0 Å². The summed E-state index contributed by atoms with van der Waals surface area (Å²) in [6, 6.07) is 3.32. The van der Waals surface area contributed by atoms with Crippen LogP contribution in [-0.4, -0.2) is 37.0 Å². The first-order valence-corrected chi connectivity index (χ1v) is 5.84. The zero-order chi connectivity index (χ0) is 15.3. The molecule has 1 aromatic rings. The molecule has 0 aliphatic rings. The van der Waals surface area contributed by atoms with Crippen LogP contribution in [-0.2, 0) is 20.2 Å². The van der Waals surface area contributed by atoms with Crippen molar-refractivity contribution in [3.05, 3.63) is 35.6 Å². The zero-order valence-corrected chi connectivity index (χ0v) is 11.0. The second-order valence-electron chi connectivity index (χ2n) is 4.05. The Morgan fingerprint density at radius 3 is 2.30 bits per heavy atom. The number of benzene rings is 1. The lowest BCUT2D eigenvalue weighted by Crippen LogP contribution is -2.42. The van der Waals surface area contributed by atoms with E-state index in [1.807, 2.05) is 0 Å². The first-order valence-electron chi connectivity index (χ1n) is 5.84. The Hall–Kier alpha value is -2.05. The number of rotatable bonds is 5. The lowest BCUT2D eigenvalue weighted by atomic mass is 10.1. The third-order valence-corrected chi connectivity index (χ3v) is 2.49. The number of esters is 1. The quantitative estimate of drug-likeness (QED) is 0.778. The van der Waals surface area contributed by atoms with Gasteiger partial charge in [0.25, 0.3) is 5.91 Å². The van der Waals surface area contributed by atoms with E-state index >= 15 is 0 Å². The van der Waals surface area contributed by atoms with E-state index in [1.165, 1.54) is 0 Å². The van der Waals surface area contributed by atoms with Crippen molar-refractivity contribution in [3.8, 4) is 0 Å². The first kappa shape index (κ1) is 16.0. The number of carbonyl (C=O) groups is 2. The summed E-state index contributed by atoms with van der Waals surface area (Å²) in [4.78, 5) is 23.4. The van der Waals surface area contributed by atoms with Crippen LogP contribution in [0.25, 0.3) is 0 Å². The summed E-state index contributed by atoms with van der Waals surface area (Å²) < 4.78 is 45.1. The Morgan fingerprint density at radius 1 is 1.25 bits per heavy atom. The van der Waals surface area contributed by atoms with Gasteiger partial charge in [0.05, 0.1) is 6.61 Å². The molecule has 0 N–H and O–H groups in total. The monoisotopic (exact) mass is 289 g/mol. The van der Waals surface area contributed by atoms with Gasteiger partial charge in [0.2, 0.25) is 0 Å². The minimum absolute atomic E-state index is 0.0925. The number of hydrogen-bond donors (Lipinski definition) is 0. The normalized spacial score (nSPS) is 11.1. The molecule has 0 heterocycles. The SMILES string of the molecule is CCOC(=O)CN(C)C(=O)C(F)(F)c1ccc(F)cc1. The van der Waals surface area contributed by atoms with Gasteiger partial charge in [-0.25, -0.2) is 4.39 Å². The Morgan fingerprint density at radius 2 is 1.80 bits per heavy atom. The average molecular weight is 289 g/mol. The summed E-state index contributed by atoms with van der Waals surface area (Å²) in [5, 5.41) is 0. The molecule has 0 spiro atoms. The molecule has 1 amide bonds. The van der Waals surface area contributed by atoms with Gasteiger partial charge in [-0.05, 0) is 31.2 Å². The number of carbonyl (C=O) groups excluding carboxylic acids is 2. The Kier molecular flexibility index (Phi) is 5.12. The van der Waals surface area contributed by atoms with E-state index in [1.54, 1.807) is 6.92 Å². The van der Waals surface area contributed by atoms with Crippen LogP contribution in [0.1, 0.15) is 12.5 Å². The summed E-state index contributed by atoms with van der Waals surface area (Å²) in [5.74, 6) is -6.86. The predicted molar refractivity (Wildman–Crippen MR) is 64.6 cm³/mol. The molecule has 0 radical (unpaired) electrons. The first-order chi connectivity index (χ1) is 9.28. The number of alkyl halides is 2. The van der Waals surface area contributed by atoms with Crippen LogP contribution in [0.15, 0.2) is 24.3 Å². The topological polar surface area (TPSA) is 46.6 Å². The molecule has 0 fully saturated rings. The van der Waals surface area contributed by atoms with Gasteiger partial charge in [-0.1, -0.05) is 0 Å². The number of ether oxygens (including phenoxy) is 1. The number of halogens is 3. The second kappa shape index (κ2) is 6.40. The number of hydrogen-bond acceptors (Lipinski definition) is 3. The summed E-state index contributed by atoms with van der Waals surface area (Å²) in [6.07, 6.45) is 0. The highest BCUT2D eigenvalue weighted by molar-refractivity contribution is 5.87. The van der Waals surface area contributed by atoms with Crippen LogP contribution < -0.4 is 0 Å². The van der Waals surface area contributed by atoms with Crippen LogP contribution in [0.5, 0.6) is 0 Å². The van der Waals surface area contributed by atoms with Gasteiger partial charge in [0, 0.05) is 12.6 Å². The van der Waals surface area contributed by atoms with Gasteiger partial charge >= 0.3 is 11.9 Å². The van der Waals surface area contributed by atoms with E-state index in [0.717, 1.165) is 31.3 Å². The van der Waals surface area contributed by atoms with Gasteiger partial charge in [-0.3, -0.25) is 9.59 Å². The van der Waals surface area contributed by atoms with Crippen LogP contribution in [0.4, 0.5) is 13.2 Å². The Bertz CT molecular complexity index is 488. The molecule has 0 unspecified atom stereocenters. The minimum Gasteiger partial charge on any atom is -0.465 e. The third-order valence-electron chi connectivity index (χ3n) is 2.49. The highest BCUT2D eigenvalue weighted by Gasteiger charge is 2.43. The molecule has 0 bridgehead atoms. The van der Waals surface area contributed by atoms with Crippen molar-refractivity contribution in [2.24, 2.45) is 0 Å². The van der Waals surface area contributed by atoms with E-state index in [-0.39, 0.29) is 6.61 Å². The molecule has 4 nitrogen and oxygen atoms in total. The van der Waals surface area contributed by atoms with Crippen molar-refractivity contribution < 1.29 is 27.5 Å². The molecule has 110 valence electrons. The van der Waals surface area contributed by atoms with Gasteiger partial charge in [-0.15, -0.1) is 0 Å². The summed E-state index contributed by atoms with van der Waals surface area (Å²) in [7, 11) is 1.07. The molecule has 0 aliphatic heterocycles. The third kappa shape index (κ3) is 3.72. The second-order valence-corrected chi connectivity index (χ2v) is 4.05. The van der Waals surface area contributed by atoms with E-state index in [4.69, 9.17) is 0 Å². The molecular weight excluding hydrogens is 275 g/mol. The average Bonchev–Trinajstić information content (AvgIpc) is 2.38. The van der Waals surface area contributed by atoms with Crippen molar-refractivity contribution in [2.45, 2.75) is 12.8 Å². The smallest absolute Gasteiger partial charge is 0.349 e. The van der Waals surface area contributed by atoms with Crippen LogP contribution in [0, 0.1) is 5.82 Å². The van der Waals surface area contributed by atoms with Crippen molar-refractivity contribution in [1.82, 2.24) is 4.90 Å². The fourth-order valence-electron chi connectivity index (χ4n) is 1.49. The van der Waals surface area contributed by atoms with Crippen molar-refractivity contribution in [3.63, 3.8) is 0 Å². The van der Waals surface area contributed by atoms with Crippen molar-refractivity contribution >= 4 is 11.9 Å².